The van der Waals surface area contributed by atoms with Gasteiger partial charge >= 0.3 is 0 Å². The van der Waals surface area contributed by atoms with Crippen molar-refractivity contribution in [1.29, 1.82) is 0 Å². The first-order chi connectivity index (χ1) is 8.72. The Bertz CT molecular complexity index is 525. The van der Waals surface area contributed by atoms with E-state index in [-0.39, 0.29) is 11.7 Å². The Labute approximate surface area is 123 Å². The fraction of sp³-hybridized carbons (Fsp3) is 0.200. The summed E-state index contributed by atoms with van der Waals surface area (Å²) < 4.78 is 14.8. The van der Waals surface area contributed by atoms with E-state index < -0.39 is 0 Å². The van der Waals surface area contributed by atoms with Crippen molar-refractivity contribution in [3.05, 3.63) is 69.9 Å². The molecule has 1 atom stereocenters. The van der Waals surface area contributed by atoms with Crippen LogP contribution in [0.15, 0.2) is 53.0 Å². The van der Waals surface area contributed by atoms with Gasteiger partial charge in [0.1, 0.15) is 5.82 Å². The van der Waals surface area contributed by atoms with Crippen LogP contribution in [0.25, 0.3) is 0 Å². The van der Waals surface area contributed by atoms with E-state index in [1.165, 1.54) is 11.6 Å². The SMILES string of the molecule is Fc1ccccc1CC(CBr)c1ccccc1Br. The van der Waals surface area contributed by atoms with Gasteiger partial charge in [-0.1, -0.05) is 68.3 Å². The standard InChI is InChI=1S/C15H13Br2F/c16-10-12(13-6-2-3-7-14(13)17)9-11-5-1-4-8-15(11)18/h1-8,12H,9-10H2. The van der Waals surface area contributed by atoms with Gasteiger partial charge in [0.15, 0.2) is 0 Å². The molecule has 18 heavy (non-hydrogen) atoms. The van der Waals surface area contributed by atoms with Crippen molar-refractivity contribution >= 4 is 31.9 Å². The van der Waals surface area contributed by atoms with Crippen molar-refractivity contribution in [2.45, 2.75) is 12.3 Å². The molecule has 94 valence electrons. The Kier molecular flexibility index (Phi) is 4.95. The van der Waals surface area contributed by atoms with Crippen LogP contribution in [0.3, 0.4) is 0 Å². The van der Waals surface area contributed by atoms with Gasteiger partial charge in [0, 0.05) is 9.80 Å². The van der Waals surface area contributed by atoms with E-state index in [0.717, 1.165) is 15.4 Å². The monoisotopic (exact) mass is 370 g/mol. The maximum absolute atomic E-state index is 13.7. The highest BCUT2D eigenvalue weighted by molar-refractivity contribution is 9.10. The molecule has 0 fully saturated rings. The molecule has 0 aliphatic rings. The van der Waals surface area contributed by atoms with Crippen molar-refractivity contribution in [3.63, 3.8) is 0 Å². The second-order valence-corrected chi connectivity index (χ2v) is 5.67. The molecule has 0 aliphatic carbocycles. The third-order valence-electron chi connectivity index (χ3n) is 2.96. The minimum absolute atomic E-state index is 0.129. The first kappa shape index (κ1) is 13.8. The lowest BCUT2D eigenvalue weighted by Gasteiger charge is -2.16. The van der Waals surface area contributed by atoms with Gasteiger partial charge in [0.25, 0.3) is 0 Å². The number of hydrogen-bond acceptors (Lipinski definition) is 0. The number of benzene rings is 2. The van der Waals surface area contributed by atoms with E-state index >= 15 is 0 Å². The third kappa shape index (κ3) is 3.21. The predicted octanol–water partition coefficient (Wildman–Crippen LogP) is 5.31. The molecule has 0 radical (unpaired) electrons. The summed E-state index contributed by atoms with van der Waals surface area (Å²) in [5.41, 5.74) is 1.97. The van der Waals surface area contributed by atoms with E-state index in [1.807, 2.05) is 30.3 Å². The lowest BCUT2D eigenvalue weighted by atomic mass is 9.93. The molecule has 0 heterocycles. The second-order valence-electron chi connectivity index (χ2n) is 4.17. The minimum Gasteiger partial charge on any atom is -0.207 e. The molecule has 2 aromatic rings. The van der Waals surface area contributed by atoms with Crippen LogP contribution in [0.2, 0.25) is 0 Å². The van der Waals surface area contributed by atoms with Crippen molar-refractivity contribution in [2.24, 2.45) is 0 Å². The van der Waals surface area contributed by atoms with Crippen molar-refractivity contribution in [3.8, 4) is 0 Å². The smallest absolute Gasteiger partial charge is 0.126 e. The summed E-state index contributed by atoms with van der Waals surface area (Å²) in [5.74, 6) is 0.132. The van der Waals surface area contributed by atoms with Gasteiger partial charge in [-0.05, 0) is 35.6 Å². The molecule has 1 unspecified atom stereocenters. The van der Waals surface area contributed by atoms with Gasteiger partial charge in [0.05, 0.1) is 0 Å². The zero-order valence-corrected chi connectivity index (χ0v) is 12.9. The fourth-order valence-corrected chi connectivity index (χ4v) is 3.17. The van der Waals surface area contributed by atoms with E-state index in [9.17, 15) is 4.39 Å². The van der Waals surface area contributed by atoms with E-state index in [1.54, 1.807) is 6.07 Å². The number of halogens is 3. The van der Waals surface area contributed by atoms with Crippen LogP contribution < -0.4 is 0 Å². The van der Waals surface area contributed by atoms with Gasteiger partial charge in [0.2, 0.25) is 0 Å². The maximum atomic E-state index is 13.7. The minimum atomic E-state index is -0.129. The predicted molar refractivity (Wildman–Crippen MR) is 80.8 cm³/mol. The first-order valence-corrected chi connectivity index (χ1v) is 7.67. The first-order valence-electron chi connectivity index (χ1n) is 5.76. The van der Waals surface area contributed by atoms with Gasteiger partial charge < -0.3 is 0 Å². The molecule has 0 spiro atoms. The highest BCUT2D eigenvalue weighted by Crippen LogP contribution is 2.29. The molecule has 0 nitrogen and oxygen atoms in total. The van der Waals surface area contributed by atoms with Crippen LogP contribution in [0, 0.1) is 5.82 Å². The maximum Gasteiger partial charge on any atom is 0.126 e. The largest absolute Gasteiger partial charge is 0.207 e. The molecule has 0 amide bonds. The number of rotatable bonds is 4. The summed E-state index contributed by atoms with van der Waals surface area (Å²) in [6, 6.07) is 15.1. The summed E-state index contributed by atoms with van der Waals surface area (Å²) in [6.07, 6.45) is 0.695. The van der Waals surface area contributed by atoms with Crippen LogP contribution in [0.1, 0.15) is 17.0 Å². The van der Waals surface area contributed by atoms with Gasteiger partial charge in [-0.2, -0.15) is 0 Å². The molecule has 3 heteroatoms. The summed E-state index contributed by atoms with van der Waals surface area (Å²) >= 11 is 7.08. The Morgan fingerprint density at radius 3 is 2.33 bits per heavy atom. The highest BCUT2D eigenvalue weighted by Gasteiger charge is 2.15. The zero-order valence-electron chi connectivity index (χ0n) is 9.74. The molecule has 0 aliphatic heterocycles. The molecule has 0 aromatic heterocycles. The lowest BCUT2D eigenvalue weighted by Crippen LogP contribution is -2.06. The quantitative estimate of drug-likeness (QED) is 0.639. The van der Waals surface area contributed by atoms with E-state index in [2.05, 4.69) is 37.9 Å². The number of hydrogen-bond donors (Lipinski definition) is 0. The summed E-state index contributed by atoms with van der Waals surface area (Å²) in [6.45, 7) is 0. The summed E-state index contributed by atoms with van der Waals surface area (Å²) in [7, 11) is 0. The second kappa shape index (κ2) is 6.48. The molecule has 0 saturated carbocycles. The van der Waals surface area contributed by atoms with Crippen molar-refractivity contribution < 1.29 is 4.39 Å². The van der Waals surface area contributed by atoms with Gasteiger partial charge in [-0.15, -0.1) is 0 Å². The average Bonchev–Trinajstić information content (AvgIpc) is 2.39. The van der Waals surface area contributed by atoms with Crippen LogP contribution in [-0.2, 0) is 6.42 Å². The number of alkyl halides is 1. The van der Waals surface area contributed by atoms with Crippen LogP contribution >= 0.6 is 31.9 Å². The lowest BCUT2D eigenvalue weighted by molar-refractivity contribution is 0.599. The average molecular weight is 372 g/mol. The Hall–Kier alpha value is -0.670. The Morgan fingerprint density at radius 1 is 1.00 bits per heavy atom. The molecular weight excluding hydrogens is 359 g/mol. The third-order valence-corrected chi connectivity index (χ3v) is 4.46. The Balaban J connectivity index is 2.26. The molecule has 0 saturated heterocycles. The topological polar surface area (TPSA) is 0 Å². The van der Waals surface area contributed by atoms with Crippen LogP contribution in [0.4, 0.5) is 4.39 Å². The van der Waals surface area contributed by atoms with E-state index in [4.69, 9.17) is 0 Å². The van der Waals surface area contributed by atoms with Crippen molar-refractivity contribution in [1.82, 2.24) is 0 Å². The van der Waals surface area contributed by atoms with Gasteiger partial charge in [-0.25, -0.2) is 4.39 Å². The van der Waals surface area contributed by atoms with Crippen molar-refractivity contribution in [2.75, 3.05) is 5.33 Å². The fourth-order valence-electron chi connectivity index (χ4n) is 1.98. The normalized spacial score (nSPS) is 12.4. The zero-order chi connectivity index (χ0) is 13.0. The molecule has 2 aromatic carbocycles. The molecule has 2 rings (SSSR count). The van der Waals surface area contributed by atoms with E-state index in [0.29, 0.717) is 6.42 Å². The summed E-state index contributed by atoms with van der Waals surface area (Å²) in [4.78, 5) is 0. The van der Waals surface area contributed by atoms with Crippen LogP contribution in [-0.4, -0.2) is 5.33 Å². The Morgan fingerprint density at radius 2 is 1.67 bits per heavy atom. The van der Waals surface area contributed by atoms with Crippen LogP contribution in [0.5, 0.6) is 0 Å². The molecule has 0 bridgehead atoms. The highest BCUT2D eigenvalue weighted by atomic mass is 79.9. The molecule has 0 N–H and O–H groups in total. The molecular formula is C15H13Br2F. The summed E-state index contributed by atoms with van der Waals surface area (Å²) in [5, 5.41) is 0.809. The van der Waals surface area contributed by atoms with Gasteiger partial charge in [-0.3, -0.25) is 0 Å².